The molecule has 0 radical (unpaired) electrons. The molecule has 1 aromatic rings. The summed E-state index contributed by atoms with van der Waals surface area (Å²) in [4.78, 5) is 11.6. The molecule has 0 spiro atoms. The minimum absolute atomic E-state index is 0. The molecule has 0 aliphatic carbocycles. The summed E-state index contributed by atoms with van der Waals surface area (Å²) >= 11 is 0. The number of aliphatic hydroxyl groups is 1. The molecule has 0 aromatic heterocycles. The van der Waals surface area contributed by atoms with E-state index in [1.54, 1.807) is 0 Å². The molecular formula is C16H25ClN2O3. The molecular weight excluding hydrogens is 304 g/mol. The molecule has 124 valence electrons. The highest BCUT2D eigenvalue weighted by molar-refractivity contribution is 5.85. The average Bonchev–Trinajstić information content (AvgIpc) is 2.99. The molecule has 1 amide bonds. The summed E-state index contributed by atoms with van der Waals surface area (Å²) in [5.74, 6) is -0.0971. The van der Waals surface area contributed by atoms with Gasteiger partial charge in [-0.1, -0.05) is 30.3 Å². The zero-order valence-electron chi connectivity index (χ0n) is 12.7. The van der Waals surface area contributed by atoms with Crippen LogP contribution >= 0.6 is 12.4 Å². The number of benzene rings is 1. The van der Waals surface area contributed by atoms with Crippen molar-refractivity contribution < 1.29 is 14.6 Å². The molecule has 1 saturated heterocycles. The molecule has 2 unspecified atom stereocenters. The molecule has 1 heterocycles. The normalized spacial score (nSPS) is 18.5. The van der Waals surface area contributed by atoms with Crippen molar-refractivity contribution in [2.45, 2.75) is 31.5 Å². The molecule has 1 aliphatic rings. The van der Waals surface area contributed by atoms with Gasteiger partial charge in [0.25, 0.3) is 0 Å². The summed E-state index contributed by atoms with van der Waals surface area (Å²) in [7, 11) is 0. The number of rotatable bonds is 8. The third-order valence-corrected chi connectivity index (χ3v) is 3.53. The molecule has 2 atom stereocenters. The maximum absolute atomic E-state index is 11.6. The van der Waals surface area contributed by atoms with Gasteiger partial charge in [0.1, 0.15) is 0 Å². The van der Waals surface area contributed by atoms with Gasteiger partial charge in [-0.3, -0.25) is 4.79 Å². The van der Waals surface area contributed by atoms with Crippen molar-refractivity contribution in [2.75, 3.05) is 26.2 Å². The third kappa shape index (κ3) is 7.22. The predicted octanol–water partition coefficient (Wildman–Crippen LogP) is 0.897. The quantitative estimate of drug-likeness (QED) is 0.663. The van der Waals surface area contributed by atoms with Gasteiger partial charge in [0.15, 0.2) is 0 Å². The van der Waals surface area contributed by atoms with Crippen LogP contribution in [0.25, 0.3) is 0 Å². The third-order valence-electron chi connectivity index (χ3n) is 3.53. The molecule has 1 fully saturated rings. The highest BCUT2D eigenvalue weighted by Gasteiger charge is 2.15. The van der Waals surface area contributed by atoms with Gasteiger partial charge in [-0.25, -0.2) is 0 Å². The van der Waals surface area contributed by atoms with E-state index in [1.807, 2.05) is 30.3 Å². The Kier molecular flexibility index (Phi) is 9.08. The summed E-state index contributed by atoms with van der Waals surface area (Å²) in [6.07, 6.45) is 2.38. The molecule has 1 aromatic carbocycles. The number of amides is 1. The Balaban J connectivity index is 0.00000242. The summed E-state index contributed by atoms with van der Waals surface area (Å²) in [5.41, 5.74) is 1.07. The molecule has 2 rings (SSSR count). The van der Waals surface area contributed by atoms with Crippen LogP contribution in [0.4, 0.5) is 0 Å². The van der Waals surface area contributed by atoms with Crippen molar-refractivity contribution in [3.63, 3.8) is 0 Å². The summed E-state index contributed by atoms with van der Waals surface area (Å²) in [6, 6.07) is 9.76. The second-order valence-electron chi connectivity index (χ2n) is 5.41. The van der Waals surface area contributed by atoms with Crippen LogP contribution in [0.5, 0.6) is 0 Å². The van der Waals surface area contributed by atoms with Crippen LogP contribution < -0.4 is 10.6 Å². The van der Waals surface area contributed by atoms with Gasteiger partial charge in [0.2, 0.25) is 5.91 Å². The van der Waals surface area contributed by atoms with Gasteiger partial charge >= 0.3 is 0 Å². The maximum Gasteiger partial charge on any atom is 0.234 e. The number of hydrogen-bond acceptors (Lipinski definition) is 4. The van der Waals surface area contributed by atoms with E-state index in [0.29, 0.717) is 13.0 Å². The number of halogens is 1. The lowest BCUT2D eigenvalue weighted by molar-refractivity contribution is -0.120. The largest absolute Gasteiger partial charge is 0.391 e. The van der Waals surface area contributed by atoms with Crippen molar-refractivity contribution in [1.29, 1.82) is 0 Å². The predicted molar refractivity (Wildman–Crippen MR) is 88.3 cm³/mol. The van der Waals surface area contributed by atoms with Crippen LogP contribution in [-0.2, 0) is 16.0 Å². The van der Waals surface area contributed by atoms with Gasteiger partial charge in [-0.15, -0.1) is 12.4 Å². The molecule has 0 bridgehead atoms. The Morgan fingerprint density at radius 2 is 2.14 bits per heavy atom. The van der Waals surface area contributed by atoms with Crippen LogP contribution in [-0.4, -0.2) is 49.5 Å². The topological polar surface area (TPSA) is 70.6 Å². The number of carbonyl (C=O) groups excluding carboxylic acids is 1. The van der Waals surface area contributed by atoms with Gasteiger partial charge in [-0.05, 0) is 18.4 Å². The Bertz CT molecular complexity index is 425. The van der Waals surface area contributed by atoms with Gasteiger partial charge in [0.05, 0.1) is 18.8 Å². The lowest BCUT2D eigenvalue weighted by atomic mass is 10.1. The minimum Gasteiger partial charge on any atom is -0.391 e. The van der Waals surface area contributed by atoms with Crippen molar-refractivity contribution in [3.8, 4) is 0 Å². The van der Waals surface area contributed by atoms with E-state index in [1.165, 1.54) is 0 Å². The van der Waals surface area contributed by atoms with Crippen molar-refractivity contribution in [2.24, 2.45) is 0 Å². The molecule has 6 heteroatoms. The Labute approximate surface area is 137 Å². The van der Waals surface area contributed by atoms with E-state index >= 15 is 0 Å². The highest BCUT2D eigenvalue weighted by Crippen LogP contribution is 2.10. The fraction of sp³-hybridized carbons (Fsp3) is 0.562. The van der Waals surface area contributed by atoms with Crippen molar-refractivity contribution >= 4 is 18.3 Å². The first-order chi connectivity index (χ1) is 10.2. The lowest BCUT2D eigenvalue weighted by Crippen LogP contribution is -2.40. The second-order valence-corrected chi connectivity index (χ2v) is 5.41. The monoisotopic (exact) mass is 328 g/mol. The Morgan fingerprint density at radius 3 is 2.82 bits per heavy atom. The number of carbonyl (C=O) groups is 1. The van der Waals surface area contributed by atoms with E-state index in [4.69, 9.17) is 4.74 Å². The van der Waals surface area contributed by atoms with Crippen LogP contribution in [0.15, 0.2) is 30.3 Å². The molecule has 5 nitrogen and oxygen atoms in total. The molecule has 0 saturated carbocycles. The van der Waals surface area contributed by atoms with Crippen LogP contribution in [0.1, 0.15) is 18.4 Å². The minimum atomic E-state index is -0.561. The molecule has 22 heavy (non-hydrogen) atoms. The Morgan fingerprint density at radius 1 is 1.36 bits per heavy atom. The van der Waals surface area contributed by atoms with Crippen molar-refractivity contribution in [3.05, 3.63) is 35.9 Å². The lowest BCUT2D eigenvalue weighted by Gasteiger charge is -2.13. The standard InChI is InChI=1S/C16H24N2O3.ClH/c19-14(9-13-5-2-1-3-6-13)10-18-16(20)12-17-11-15-7-4-8-21-15;/h1-3,5-6,14-15,17,19H,4,7-12H2,(H,18,20);1H. The number of nitrogens with one attached hydrogen (secondary N) is 2. The first-order valence-corrected chi connectivity index (χ1v) is 7.55. The van der Waals surface area contributed by atoms with E-state index < -0.39 is 6.10 Å². The van der Waals surface area contributed by atoms with E-state index in [2.05, 4.69) is 10.6 Å². The zero-order valence-corrected chi connectivity index (χ0v) is 13.5. The first kappa shape index (κ1) is 18.9. The SMILES string of the molecule is Cl.O=C(CNCC1CCCO1)NCC(O)Cc1ccccc1. The van der Waals surface area contributed by atoms with Gasteiger partial charge in [0, 0.05) is 26.1 Å². The fourth-order valence-corrected chi connectivity index (χ4v) is 2.40. The average molecular weight is 329 g/mol. The van der Waals surface area contributed by atoms with E-state index in [-0.39, 0.29) is 37.5 Å². The summed E-state index contributed by atoms with van der Waals surface area (Å²) in [5, 5.41) is 15.7. The van der Waals surface area contributed by atoms with Crippen molar-refractivity contribution in [1.82, 2.24) is 10.6 Å². The summed E-state index contributed by atoms with van der Waals surface area (Å²) in [6.45, 7) is 2.07. The first-order valence-electron chi connectivity index (χ1n) is 7.55. The van der Waals surface area contributed by atoms with Crippen LogP contribution in [0.3, 0.4) is 0 Å². The zero-order chi connectivity index (χ0) is 14.9. The second kappa shape index (κ2) is 10.6. The number of hydrogen-bond donors (Lipinski definition) is 3. The fourth-order valence-electron chi connectivity index (χ4n) is 2.40. The van der Waals surface area contributed by atoms with Crippen LogP contribution in [0.2, 0.25) is 0 Å². The number of aliphatic hydroxyl groups excluding tert-OH is 1. The van der Waals surface area contributed by atoms with Crippen LogP contribution in [0, 0.1) is 0 Å². The van der Waals surface area contributed by atoms with E-state index in [9.17, 15) is 9.90 Å². The summed E-state index contributed by atoms with van der Waals surface area (Å²) < 4.78 is 5.47. The van der Waals surface area contributed by atoms with Gasteiger partial charge in [-0.2, -0.15) is 0 Å². The Hall–Kier alpha value is -1.14. The molecule has 1 aliphatic heterocycles. The van der Waals surface area contributed by atoms with Gasteiger partial charge < -0.3 is 20.5 Å². The smallest absolute Gasteiger partial charge is 0.234 e. The highest BCUT2D eigenvalue weighted by atomic mass is 35.5. The number of ether oxygens (including phenoxy) is 1. The van der Waals surface area contributed by atoms with E-state index in [0.717, 1.165) is 25.0 Å². The maximum atomic E-state index is 11.6. The molecule has 3 N–H and O–H groups in total.